The SMILES string of the molecule is CC(=C\C=C1/Oc2ccccc2N1CS(=O)(=O)[O-])/C=C1/SC(=S)N(CC(=O)[O-])C1=O.[Na+].[Na+]. The molecule has 3 rings (SSSR count). The molecule has 1 aromatic carbocycles. The van der Waals surface area contributed by atoms with E-state index in [1.807, 2.05) is 0 Å². The van der Waals surface area contributed by atoms with E-state index in [0.717, 1.165) is 16.7 Å². The number of aliphatic carboxylic acids is 1. The maximum absolute atomic E-state index is 12.3. The third-order valence-corrected chi connectivity index (χ3v) is 5.88. The molecule has 158 valence electrons. The number of benzene rings is 1. The van der Waals surface area contributed by atoms with Crippen molar-refractivity contribution in [2.45, 2.75) is 6.92 Å². The van der Waals surface area contributed by atoms with E-state index in [9.17, 15) is 27.7 Å². The average Bonchev–Trinajstić information content (AvgIpc) is 3.11. The Morgan fingerprint density at radius 1 is 1.25 bits per heavy atom. The predicted molar refractivity (Wildman–Crippen MR) is 111 cm³/mol. The van der Waals surface area contributed by atoms with Crippen LogP contribution in [0, 0.1) is 0 Å². The van der Waals surface area contributed by atoms with Crippen LogP contribution in [0.5, 0.6) is 5.75 Å². The molecule has 0 N–H and O–H groups in total. The Labute approximate surface area is 238 Å². The number of nitrogens with zero attached hydrogens (tertiary/aromatic N) is 2. The second-order valence-electron chi connectivity index (χ2n) is 6.24. The van der Waals surface area contributed by atoms with Crippen LogP contribution >= 0.6 is 24.0 Å². The van der Waals surface area contributed by atoms with Crippen LogP contribution in [0.1, 0.15) is 6.92 Å². The van der Waals surface area contributed by atoms with E-state index in [0.29, 0.717) is 17.0 Å². The molecule has 2 aliphatic heterocycles. The van der Waals surface area contributed by atoms with Gasteiger partial charge in [0.15, 0.2) is 5.75 Å². The van der Waals surface area contributed by atoms with Crippen molar-refractivity contribution < 1.29 is 91.5 Å². The average molecular weight is 512 g/mol. The third-order valence-electron chi connectivity index (χ3n) is 3.93. The van der Waals surface area contributed by atoms with Gasteiger partial charge < -0.3 is 19.2 Å². The molecule has 0 saturated carbocycles. The number of carboxylic acids is 1. The Morgan fingerprint density at radius 2 is 1.91 bits per heavy atom. The summed E-state index contributed by atoms with van der Waals surface area (Å²) >= 11 is 5.98. The molecule has 1 aromatic rings. The van der Waals surface area contributed by atoms with Crippen molar-refractivity contribution >= 4 is 56.0 Å². The van der Waals surface area contributed by atoms with Gasteiger partial charge in [0.25, 0.3) is 5.91 Å². The first-order valence-corrected chi connectivity index (χ1v) is 11.2. The molecule has 0 radical (unpaired) electrons. The van der Waals surface area contributed by atoms with Crippen LogP contribution in [0.2, 0.25) is 0 Å². The number of thioether (sulfide) groups is 1. The van der Waals surface area contributed by atoms with E-state index in [1.165, 1.54) is 17.1 Å². The van der Waals surface area contributed by atoms with Gasteiger partial charge in [-0.15, -0.1) is 0 Å². The first-order chi connectivity index (χ1) is 14.0. The van der Waals surface area contributed by atoms with Crippen LogP contribution in [0.3, 0.4) is 0 Å². The molecule has 0 aromatic heterocycles. The fraction of sp³-hybridized carbons (Fsp3) is 0.167. The molecule has 2 heterocycles. The van der Waals surface area contributed by atoms with Crippen molar-refractivity contribution in [3.05, 3.63) is 58.9 Å². The molecule has 1 amide bonds. The zero-order valence-electron chi connectivity index (χ0n) is 17.4. The number of anilines is 1. The molecule has 32 heavy (non-hydrogen) atoms. The number of thiocarbonyl (C=S) groups is 1. The van der Waals surface area contributed by atoms with Gasteiger partial charge in [0.2, 0.25) is 5.88 Å². The molecule has 0 unspecified atom stereocenters. The number of amides is 1. The van der Waals surface area contributed by atoms with Crippen LogP contribution < -0.4 is 73.9 Å². The summed E-state index contributed by atoms with van der Waals surface area (Å²) < 4.78 is 39.6. The van der Waals surface area contributed by atoms with Gasteiger partial charge in [-0.1, -0.05) is 42.2 Å². The van der Waals surface area contributed by atoms with Gasteiger partial charge in [0.05, 0.1) is 23.1 Å². The normalized spacial score (nSPS) is 18.4. The number of carboxylic acid groups (broad SMARTS) is 1. The Bertz CT molecular complexity index is 1130. The molecule has 0 atom stereocenters. The van der Waals surface area contributed by atoms with Crippen molar-refractivity contribution in [3.63, 3.8) is 0 Å². The van der Waals surface area contributed by atoms with Crippen molar-refractivity contribution in [1.29, 1.82) is 0 Å². The van der Waals surface area contributed by atoms with E-state index in [1.54, 1.807) is 37.3 Å². The number of fused-ring (bicyclic) bond motifs is 1. The van der Waals surface area contributed by atoms with Crippen LogP contribution in [0.15, 0.2) is 58.9 Å². The molecular formula is C18H14N2Na2O7S3. The van der Waals surface area contributed by atoms with Crippen LogP contribution in [0.25, 0.3) is 0 Å². The van der Waals surface area contributed by atoms with Crippen molar-refractivity contribution in [3.8, 4) is 5.75 Å². The smallest absolute Gasteiger partial charge is 0.747 e. The summed E-state index contributed by atoms with van der Waals surface area (Å²) in [5, 5.41) is 10.8. The van der Waals surface area contributed by atoms with Crippen LogP contribution in [-0.2, 0) is 19.7 Å². The molecular weight excluding hydrogens is 498 g/mol. The number of para-hydroxylation sites is 2. The van der Waals surface area contributed by atoms with Gasteiger partial charge in [-0.05, 0) is 36.8 Å². The maximum Gasteiger partial charge on any atom is 1.00 e. The molecule has 9 nitrogen and oxygen atoms in total. The molecule has 2 aliphatic rings. The second-order valence-corrected chi connectivity index (χ2v) is 9.29. The van der Waals surface area contributed by atoms with Crippen LogP contribution in [0.4, 0.5) is 5.69 Å². The topological polar surface area (TPSA) is 130 Å². The number of carbonyl (C=O) groups excluding carboxylic acids is 2. The monoisotopic (exact) mass is 512 g/mol. The summed E-state index contributed by atoms with van der Waals surface area (Å²) in [5.74, 6) is -2.23. The summed E-state index contributed by atoms with van der Waals surface area (Å²) in [6.45, 7) is 1.05. The maximum atomic E-state index is 12.3. The van der Waals surface area contributed by atoms with Gasteiger partial charge >= 0.3 is 59.1 Å². The summed E-state index contributed by atoms with van der Waals surface area (Å²) in [7, 11) is -4.57. The quantitative estimate of drug-likeness (QED) is 0.158. The Morgan fingerprint density at radius 3 is 2.53 bits per heavy atom. The first-order valence-electron chi connectivity index (χ1n) is 8.37. The molecule has 0 spiro atoms. The van der Waals surface area contributed by atoms with E-state index < -0.39 is 34.4 Å². The van der Waals surface area contributed by atoms with E-state index in [2.05, 4.69) is 0 Å². The summed E-state index contributed by atoms with van der Waals surface area (Å²) in [5.41, 5.74) is 1.03. The third kappa shape index (κ3) is 7.42. The largest absolute Gasteiger partial charge is 1.00 e. The number of carbonyl (C=O) groups is 2. The van der Waals surface area contributed by atoms with Gasteiger partial charge in [-0.2, -0.15) is 0 Å². The van der Waals surface area contributed by atoms with Gasteiger partial charge in [-0.3, -0.25) is 14.6 Å². The molecule has 14 heteroatoms. The van der Waals surface area contributed by atoms with Crippen molar-refractivity contribution in [2.24, 2.45) is 0 Å². The first kappa shape index (κ1) is 29.4. The minimum Gasteiger partial charge on any atom is -0.747 e. The second kappa shape index (κ2) is 12.2. The Hall–Kier alpha value is -0.670. The fourth-order valence-corrected chi connectivity index (χ4v) is 4.58. The minimum atomic E-state index is -4.57. The summed E-state index contributed by atoms with van der Waals surface area (Å²) in [6.07, 6.45) is 4.55. The number of hydrogen-bond donors (Lipinski definition) is 0. The number of hydrogen-bond acceptors (Lipinski definition) is 10. The number of rotatable bonds is 6. The zero-order valence-corrected chi connectivity index (χ0v) is 23.9. The molecule has 0 bridgehead atoms. The van der Waals surface area contributed by atoms with E-state index in [-0.39, 0.29) is 74.2 Å². The predicted octanol–water partition coefficient (Wildman–Crippen LogP) is -5.32. The number of ether oxygens (including phenoxy) is 1. The minimum absolute atomic E-state index is 0. The van der Waals surface area contributed by atoms with E-state index in [4.69, 9.17) is 17.0 Å². The zero-order chi connectivity index (χ0) is 22.1. The fourth-order valence-electron chi connectivity index (χ4n) is 2.69. The van der Waals surface area contributed by atoms with Crippen LogP contribution in [-0.4, -0.2) is 46.5 Å². The summed E-state index contributed by atoms with van der Waals surface area (Å²) in [6, 6.07) is 6.66. The van der Waals surface area contributed by atoms with Gasteiger partial charge in [0, 0.05) is 0 Å². The van der Waals surface area contributed by atoms with Gasteiger partial charge in [0.1, 0.15) is 20.3 Å². The van der Waals surface area contributed by atoms with E-state index >= 15 is 0 Å². The van der Waals surface area contributed by atoms with Gasteiger partial charge in [-0.25, -0.2) is 8.42 Å². The number of allylic oxidation sites excluding steroid dienone is 4. The van der Waals surface area contributed by atoms with Crippen molar-refractivity contribution in [2.75, 3.05) is 17.3 Å². The summed E-state index contributed by atoms with van der Waals surface area (Å²) in [4.78, 5) is 25.4. The molecule has 1 saturated heterocycles. The Kier molecular flexibility index (Phi) is 11.2. The standard InChI is InChI=1S/C18H16N2O7S3.2Na/c1-11(8-14-17(23)19(9-16(21)22)18(28)29-14)6-7-15-20(10-30(24,25)26)12-4-2-3-5-13(12)27-15;;/h2-8H,9-10H2,1H3,(H,21,22)(H,24,25,26);;/q;2*+1/p-2/b11-6+,14-8+,15-7-;;. The molecule has 1 fully saturated rings. The Balaban J connectivity index is 0.00000256. The van der Waals surface area contributed by atoms with Crippen molar-refractivity contribution in [1.82, 2.24) is 4.90 Å². The molecule has 0 aliphatic carbocycles.